The van der Waals surface area contributed by atoms with Crippen molar-refractivity contribution in [2.75, 3.05) is 13.1 Å². The van der Waals surface area contributed by atoms with E-state index < -0.39 is 0 Å². The van der Waals surface area contributed by atoms with E-state index in [0.717, 1.165) is 49.9 Å². The van der Waals surface area contributed by atoms with Gasteiger partial charge in [-0.1, -0.05) is 107 Å². The highest BCUT2D eigenvalue weighted by atomic mass is 16.3. The second-order valence-electron chi connectivity index (χ2n) is 12.0. The number of aromatic nitrogens is 2. The smallest absolute Gasteiger partial charge is 0.225 e. The number of allylic oxidation sites excluding steroid dienone is 4. The Labute approximate surface area is 263 Å². The summed E-state index contributed by atoms with van der Waals surface area (Å²) >= 11 is 0. The maximum atomic E-state index is 12.0. The number of nitrogens with zero attached hydrogens (tertiary/aromatic N) is 3. The minimum Gasteiger partial charge on any atom is -0.264 e. The van der Waals surface area contributed by atoms with E-state index in [1.165, 1.54) is 114 Å². The molecule has 0 aliphatic heterocycles. The molecule has 2 rings (SSSR count). The number of nitroso groups, excluding NO2 is 1. The number of unbranched alkanes of at least 4 members (excludes halogenated alkanes) is 16. The van der Waals surface area contributed by atoms with Crippen LogP contribution in [0, 0.1) is 4.91 Å². The topological polar surface area (TPSA) is 57.9 Å². The van der Waals surface area contributed by atoms with Crippen LogP contribution in [-0.2, 0) is 12.8 Å². The van der Waals surface area contributed by atoms with Crippen LogP contribution in [0.5, 0.6) is 0 Å². The van der Waals surface area contributed by atoms with Crippen molar-refractivity contribution < 1.29 is 4.87 Å². The third-order valence-corrected chi connectivity index (χ3v) is 8.05. The summed E-state index contributed by atoms with van der Waals surface area (Å²) in [6.45, 7) is 1.43. The van der Waals surface area contributed by atoms with Gasteiger partial charge in [-0.05, 0) is 87.5 Å². The molecule has 238 valence electrons. The van der Waals surface area contributed by atoms with Gasteiger partial charge in [-0.3, -0.25) is 9.97 Å². The molecule has 5 nitrogen and oxygen atoms in total. The van der Waals surface area contributed by atoms with Crippen LogP contribution < -0.4 is 5.43 Å². The van der Waals surface area contributed by atoms with Gasteiger partial charge >= 0.3 is 0 Å². The molecule has 0 unspecified atom stereocenters. The second kappa shape index (κ2) is 28.0. The Bertz CT molecular complexity index is 945. The zero-order valence-electron chi connectivity index (χ0n) is 27.1. The predicted octanol–water partition coefficient (Wildman–Crippen LogP) is 10.5. The summed E-state index contributed by atoms with van der Waals surface area (Å²) in [7, 11) is 0. The SMILES string of the molecule is O=[N+](CCCCCCCCCC/C=C\CCc1cccnc1)NCCCCCCCCCC/C=C\CCc1cccnc1. The lowest BCUT2D eigenvalue weighted by Gasteiger charge is -2.02. The molecule has 0 bridgehead atoms. The summed E-state index contributed by atoms with van der Waals surface area (Å²) in [5.74, 6) is 0. The molecule has 1 N–H and O–H groups in total. The van der Waals surface area contributed by atoms with Crippen LogP contribution in [0.25, 0.3) is 0 Å². The number of rotatable bonds is 29. The summed E-state index contributed by atoms with van der Waals surface area (Å²) in [5, 5.41) is 0. The Kier molecular flexibility index (Phi) is 23.7. The quantitative estimate of drug-likeness (QED) is 0.0444. The highest BCUT2D eigenvalue weighted by Crippen LogP contribution is 2.12. The molecule has 0 aliphatic carbocycles. The Morgan fingerprint density at radius 1 is 0.535 bits per heavy atom. The standard InChI is InChI=1S/C38H61N4O/c43-42(34-24-20-16-12-8-4-2-6-10-14-18-22-28-38-30-26-32-40-36-38)41-33-23-19-15-11-7-3-1-5-9-13-17-21-27-37-29-25-31-39-35-37/h13-14,17-18,25-26,29-32,35-36H,1-12,15-16,19-24,27-28,33-34H2,(H,41,43)/q+1/b17-13-,18-14-. The molecule has 0 saturated carbocycles. The Morgan fingerprint density at radius 2 is 0.953 bits per heavy atom. The van der Waals surface area contributed by atoms with E-state index >= 15 is 0 Å². The summed E-state index contributed by atoms with van der Waals surface area (Å²) in [6.07, 6.45) is 44.0. The molecule has 43 heavy (non-hydrogen) atoms. The molecule has 5 heteroatoms. The minimum absolute atomic E-state index is 0.618. The van der Waals surface area contributed by atoms with Crippen molar-refractivity contribution in [2.24, 2.45) is 0 Å². The molecule has 0 aliphatic rings. The second-order valence-corrected chi connectivity index (χ2v) is 12.0. The fourth-order valence-corrected chi connectivity index (χ4v) is 5.37. The molecule has 0 aromatic carbocycles. The van der Waals surface area contributed by atoms with E-state index in [1.807, 2.05) is 36.9 Å². The summed E-state index contributed by atoms with van der Waals surface area (Å²) in [4.78, 5) is 21.4. The zero-order valence-corrected chi connectivity index (χ0v) is 27.1. The van der Waals surface area contributed by atoms with Crippen molar-refractivity contribution >= 4 is 0 Å². The van der Waals surface area contributed by atoms with Gasteiger partial charge in [0.2, 0.25) is 6.54 Å². The zero-order chi connectivity index (χ0) is 30.3. The van der Waals surface area contributed by atoms with Crippen molar-refractivity contribution in [3.63, 3.8) is 0 Å². The average molecular weight is 590 g/mol. The maximum Gasteiger partial charge on any atom is 0.225 e. The van der Waals surface area contributed by atoms with Crippen molar-refractivity contribution in [3.05, 3.63) is 89.4 Å². The number of hydrazine groups is 1. The molecule has 0 spiro atoms. The number of aryl methyl sites for hydroxylation is 2. The van der Waals surface area contributed by atoms with E-state index in [1.54, 1.807) is 0 Å². The number of pyridine rings is 2. The molecular weight excluding hydrogens is 528 g/mol. The lowest BCUT2D eigenvalue weighted by atomic mass is 10.1. The molecular formula is C38H61N4O+. The van der Waals surface area contributed by atoms with E-state index in [9.17, 15) is 4.91 Å². The van der Waals surface area contributed by atoms with E-state index in [0.29, 0.717) is 6.54 Å². The van der Waals surface area contributed by atoms with Crippen molar-refractivity contribution in [1.29, 1.82) is 0 Å². The van der Waals surface area contributed by atoms with Gasteiger partial charge in [0.15, 0.2) is 0 Å². The lowest BCUT2D eigenvalue weighted by molar-refractivity contribution is -0.607. The minimum atomic E-state index is 0.618. The normalized spacial score (nSPS) is 11.5. The van der Waals surface area contributed by atoms with Crippen molar-refractivity contribution in [2.45, 2.75) is 141 Å². The number of hydrogen-bond donors (Lipinski definition) is 1. The first kappa shape index (κ1) is 36.4. The summed E-state index contributed by atoms with van der Waals surface area (Å²) in [6, 6.07) is 8.32. The van der Waals surface area contributed by atoms with Gasteiger partial charge in [0.05, 0.1) is 11.5 Å². The van der Waals surface area contributed by atoms with Crippen LogP contribution in [0.3, 0.4) is 0 Å². The molecule has 2 aromatic heterocycles. The maximum absolute atomic E-state index is 12.0. The molecule has 0 atom stereocenters. The van der Waals surface area contributed by atoms with E-state index in [-0.39, 0.29) is 0 Å². The molecule has 2 heterocycles. The van der Waals surface area contributed by atoms with Gasteiger partial charge in [-0.15, -0.1) is 0 Å². The Morgan fingerprint density at radius 3 is 1.42 bits per heavy atom. The van der Waals surface area contributed by atoms with Crippen molar-refractivity contribution in [1.82, 2.24) is 15.4 Å². The molecule has 0 fully saturated rings. The average Bonchev–Trinajstić information content (AvgIpc) is 3.04. The number of nitrogens with one attached hydrogen (secondary N) is 1. The highest BCUT2D eigenvalue weighted by molar-refractivity contribution is 5.10. The predicted molar refractivity (Wildman–Crippen MR) is 183 cm³/mol. The summed E-state index contributed by atoms with van der Waals surface area (Å²) < 4.78 is 0. The van der Waals surface area contributed by atoms with Gasteiger partial charge in [-0.2, -0.15) is 5.43 Å². The highest BCUT2D eigenvalue weighted by Gasteiger charge is 2.06. The molecule has 0 amide bonds. The van der Waals surface area contributed by atoms with Gasteiger partial charge in [0.25, 0.3) is 0 Å². The largest absolute Gasteiger partial charge is 0.264 e. The van der Waals surface area contributed by atoms with Gasteiger partial charge in [0, 0.05) is 31.2 Å². The first-order valence-corrected chi connectivity index (χ1v) is 17.6. The third kappa shape index (κ3) is 23.3. The lowest BCUT2D eigenvalue weighted by Crippen LogP contribution is -2.28. The van der Waals surface area contributed by atoms with Gasteiger partial charge in [-0.25, -0.2) is 0 Å². The van der Waals surface area contributed by atoms with Crippen molar-refractivity contribution in [3.8, 4) is 0 Å². The monoisotopic (exact) mass is 589 g/mol. The van der Waals surface area contributed by atoms with E-state index in [2.05, 4.69) is 51.8 Å². The van der Waals surface area contributed by atoms with Crippen LogP contribution in [0.15, 0.2) is 73.4 Å². The van der Waals surface area contributed by atoms with Crippen LogP contribution in [0.4, 0.5) is 0 Å². The summed E-state index contributed by atoms with van der Waals surface area (Å²) in [5.41, 5.74) is 5.68. The Hall–Kier alpha value is -2.82. The molecule has 0 radical (unpaired) electrons. The first-order chi connectivity index (χ1) is 21.3. The van der Waals surface area contributed by atoms with Crippen LogP contribution in [0.1, 0.15) is 140 Å². The van der Waals surface area contributed by atoms with Gasteiger partial charge in [0.1, 0.15) is 4.87 Å². The fourth-order valence-electron chi connectivity index (χ4n) is 5.37. The van der Waals surface area contributed by atoms with E-state index in [4.69, 9.17) is 0 Å². The third-order valence-electron chi connectivity index (χ3n) is 8.05. The van der Waals surface area contributed by atoms with Crippen LogP contribution in [0.2, 0.25) is 0 Å². The Balaban J connectivity index is 1.22. The number of hydrogen-bond acceptors (Lipinski definition) is 3. The van der Waals surface area contributed by atoms with Gasteiger partial charge < -0.3 is 0 Å². The van der Waals surface area contributed by atoms with Crippen LogP contribution in [-0.4, -0.2) is 27.9 Å². The fraction of sp³-hybridized carbons (Fsp3) is 0.632. The van der Waals surface area contributed by atoms with Crippen LogP contribution >= 0.6 is 0 Å². The molecule has 2 aromatic rings. The molecule has 0 saturated heterocycles. The first-order valence-electron chi connectivity index (χ1n) is 17.6.